The highest BCUT2D eigenvalue weighted by atomic mass is 127. The first-order chi connectivity index (χ1) is 7.16. The van der Waals surface area contributed by atoms with Gasteiger partial charge in [0.25, 0.3) is 0 Å². The van der Waals surface area contributed by atoms with E-state index in [9.17, 15) is 0 Å². The molecule has 1 heteroatoms. The van der Waals surface area contributed by atoms with Crippen LogP contribution in [0.15, 0.2) is 42.5 Å². The maximum atomic E-state index is 2.35. The fraction of sp³-hybridized carbons (Fsp3) is 0.143. The number of benzene rings is 2. The molecule has 0 aliphatic carbocycles. The zero-order chi connectivity index (χ0) is 10.8. The molecule has 2 aromatic carbocycles. The minimum atomic E-state index is 1.29. The van der Waals surface area contributed by atoms with Crippen molar-refractivity contribution in [1.82, 2.24) is 0 Å². The summed E-state index contributed by atoms with van der Waals surface area (Å²) in [7, 11) is 0. The zero-order valence-electron chi connectivity index (χ0n) is 8.92. The maximum absolute atomic E-state index is 2.35. The molecule has 0 saturated carbocycles. The molecular formula is C14H13I. The number of hydrogen-bond donors (Lipinski definition) is 0. The van der Waals surface area contributed by atoms with E-state index in [1.165, 1.54) is 25.8 Å². The first-order valence-corrected chi connectivity index (χ1v) is 6.08. The topological polar surface area (TPSA) is 0 Å². The zero-order valence-corrected chi connectivity index (χ0v) is 11.1. The molecule has 0 aliphatic rings. The molecule has 0 radical (unpaired) electrons. The highest BCUT2D eigenvalue weighted by Gasteiger charge is 2.01. The maximum Gasteiger partial charge on any atom is 0.0133 e. The molecule has 0 heterocycles. The van der Waals surface area contributed by atoms with Crippen LogP contribution in [-0.4, -0.2) is 0 Å². The molecule has 15 heavy (non-hydrogen) atoms. The van der Waals surface area contributed by atoms with Gasteiger partial charge in [-0.05, 0) is 65.3 Å². The van der Waals surface area contributed by atoms with Crippen LogP contribution in [0.5, 0.6) is 0 Å². The molecule has 0 bridgehead atoms. The van der Waals surface area contributed by atoms with Gasteiger partial charge in [0, 0.05) is 3.57 Å². The number of rotatable bonds is 1. The lowest BCUT2D eigenvalue weighted by atomic mass is 10.00. The third-order valence-electron chi connectivity index (χ3n) is 2.55. The van der Waals surface area contributed by atoms with Crippen LogP contribution < -0.4 is 0 Å². The van der Waals surface area contributed by atoms with Crippen LogP contribution in [0.2, 0.25) is 0 Å². The fourth-order valence-electron chi connectivity index (χ4n) is 1.68. The molecule has 0 aliphatic heterocycles. The van der Waals surface area contributed by atoms with Gasteiger partial charge >= 0.3 is 0 Å². The number of aryl methyl sites for hydroxylation is 2. The first-order valence-electron chi connectivity index (χ1n) is 5.00. The van der Waals surface area contributed by atoms with Gasteiger partial charge in [0.05, 0.1) is 0 Å². The summed E-state index contributed by atoms with van der Waals surface area (Å²) in [5.74, 6) is 0. The number of hydrogen-bond acceptors (Lipinski definition) is 0. The number of halogens is 1. The summed E-state index contributed by atoms with van der Waals surface area (Å²) < 4.78 is 1.29. The quantitative estimate of drug-likeness (QED) is 0.677. The second-order valence-electron chi connectivity index (χ2n) is 3.83. The lowest BCUT2D eigenvalue weighted by molar-refractivity contribution is 1.42. The predicted molar refractivity (Wildman–Crippen MR) is 74.1 cm³/mol. The van der Waals surface area contributed by atoms with E-state index < -0.39 is 0 Å². The second kappa shape index (κ2) is 4.35. The van der Waals surface area contributed by atoms with Crippen molar-refractivity contribution in [2.45, 2.75) is 13.8 Å². The molecule has 0 unspecified atom stereocenters. The van der Waals surface area contributed by atoms with Crippen LogP contribution in [0.25, 0.3) is 11.1 Å². The van der Waals surface area contributed by atoms with E-state index in [2.05, 4.69) is 78.9 Å². The van der Waals surface area contributed by atoms with E-state index in [0.29, 0.717) is 0 Å². The third kappa shape index (κ3) is 2.40. The summed E-state index contributed by atoms with van der Waals surface area (Å²) in [6.45, 7) is 4.28. The summed E-state index contributed by atoms with van der Waals surface area (Å²) in [5.41, 5.74) is 5.28. The molecule has 0 nitrogen and oxygen atoms in total. The van der Waals surface area contributed by atoms with Crippen molar-refractivity contribution in [2.75, 3.05) is 0 Å². The van der Waals surface area contributed by atoms with Crippen LogP contribution >= 0.6 is 22.6 Å². The van der Waals surface area contributed by atoms with Crippen molar-refractivity contribution in [2.24, 2.45) is 0 Å². The van der Waals surface area contributed by atoms with Gasteiger partial charge in [-0.15, -0.1) is 0 Å². The van der Waals surface area contributed by atoms with Crippen molar-refractivity contribution >= 4 is 22.6 Å². The lowest BCUT2D eigenvalue weighted by Crippen LogP contribution is -1.84. The van der Waals surface area contributed by atoms with Crippen molar-refractivity contribution in [1.29, 1.82) is 0 Å². The van der Waals surface area contributed by atoms with Crippen LogP contribution in [0.4, 0.5) is 0 Å². The molecule has 0 fully saturated rings. The molecule has 0 aromatic heterocycles. The molecule has 2 rings (SSSR count). The van der Waals surface area contributed by atoms with E-state index in [1.807, 2.05) is 0 Å². The molecule has 0 amide bonds. The molecule has 0 spiro atoms. The summed E-state index contributed by atoms with van der Waals surface area (Å²) in [6, 6.07) is 15.3. The SMILES string of the molecule is Cc1ccc(-c2ccc(I)cc2C)cc1. The highest BCUT2D eigenvalue weighted by Crippen LogP contribution is 2.24. The minimum absolute atomic E-state index is 1.29. The monoisotopic (exact) mass is 308 g/mol. The van der Waals surface area contributed by atoms with Gasteiger partial charge in [0.2, 0.25) is 0 Å². The Morgan fingerprint density at radius 1 is 0.867 bits per heavy atom. The van der Waals surface area contributed by atoms with Crippen molar-refractivity contribution < 1.29 is 0 Å². The summed E-state index contributed by atoms with van der Waals surface area (Å²) in [6.07, 6.45) is 0. The molecule has 0 N–H and O–H groups in total. The van der Waals surface area contributed by atoms with Gasteiger partial charge < -0.3 is 0 Å². The molecule has 2 aromatic rings. The third-order valence-corrected chi connectivity index (χ3v) is 3.22. The normalized spacial score (nSPS) is 10.3. The van der Waals surface area contributed by atoms with E-state index in [4.69, 9.17) is 0 Å². The average Bonchev–Trinajstić information content (AvgIpc) is 2.20. The highest BCUT2D eigenvalue weighted by molar-refractivity contribution is 14.1. The summed E-state index contributed by atoms with van der Waals surface area (Å²) in [5, 5.41) is 0. The van der Waals surface area contributed by atoms with Gasteiger partial charge in [0.15, 0.2) is 0 Å². The Hall–Kier alpha value is -0.830. The summed E-state index contributed by atoms with van der Waals surface area (Å²) in [4.78, 5) is 0. The van der Waals surface area contributed by atoms with Crippen LogP contribution in [-0.2, 0) is 0 Å². The van der Waals surface area contributed by atoms with Crippen molar-refractivity contribution in [3.05, 3.63) is 57.2 Å². The Morgan fingerprint density at radius 2 is 1.53 bits per heavy atom. The van der Waals surface area contributed by atoms with E-state index >= 15 is 0 Å². The molecule has 76 valence electrons. The van der Waals surface area contributed by atoms with Crippen LogP contribution in [0, 0.1) is 17.4 Å². The van der Waals surface area contributed by atoms with Gasteiger partial charge in [-0.1, -0.05) is 35.9 Å². The van der Waals surface area contributed by atoms with Crippen LogP contribution in [0.3, 0.4) is 0 Å². The Bertz CT molecular complexity index is 469. The minimum Gasteiger partial charge on any atom is -0.0587 e. The Morgan fingerprint density at radius 3 is 2.13 bits per heavy atom. The van der Waals surface area contributed by atoms with Gasteiger partial charge in [-0.3, -0.25) is 0 Å². The van der Waals surface area contributed by atoms with Crippen molar-refractivity contribution in [3.8, 4) is 11.1 Å². The first kappa shape index (κ1) is 10.7. The van der Waals surface area contributed by atoms with Gasteiger partial charge in [-0.2, -0.15) is 0 Å². The van der Waals surface area contributed by atoms with Crippen LogP contribution in [0.1, 0.15) is 11.1 Å². The Kier molecular flexibility index (Phi) is 3.10. The van der Waals surface area contributed by atoms with Gasteiger partial charge in [0.1, 0.15) is 0 Å². The molecule has 0 saturated heterocycles. The van der Waals surface area contributed by atoms with Crippen molar-refractivity contribution in [3.63, 3.8) is 0 Å². The molecular weight excluding hydrogens is 295 g/mol. The van der Waals surface area contributed by atoms with E-state index in [1.54, 1.807) is 0 Å². The van der Waals surface area contributed by atoms with E-state index in [0.717, 1.165) is 0 Å². The predicted octanol–water partition coefficient (Wildman–Crippen LogP) is 4.58. The smallest absolute Gasteiger partial charge is 0.0133 e. The Labute approximate surface area is 104 Å². The Balaban J connectivity index is 2.49. The second-order valence-corrected chi connectivity index (χ2v) is 5.07. The standard InChI is InChI=1S/C14H13I/c1-10-3-5-12(6-4-10)14-8-7-13(15)9-11(14)2/h3-9H,1-2H3. The lowest BCUT2D eigenvalue weighted by Gasteiger charge is -2.06. The molecule has 0 atom stereocenters. The van der Waals surface area contributed by atoms with E-state index in [-0.39, 0.29) is 0 Å². The summed E-state index contributed by atoms with van der Waals surface area (Å²) >= 11 is 2.35. The largest absolute Gasteiger partial charge is 0.0587 e. The van der Waals surface area contributed by atoms with Gasteiger partial charge in [-0.25, -0.2) is 0 Å². The fourth-order valence-corrected chi connectivity index (χ4v) is 2.33. The average molecular weight is 308 g/mol.